The number of aromatic nitrogens is 1. The van der Waals surface area contributed by atoms with Gasteiger partial charge in [0.05, 0.1) is 5.69 Å². The molecule has 2 heteroatoms. The Morgan fingerprint density at radius 2 is 1.71 bits per heavy atom. The van der Waals surface area contributed by atoms with E-state index in [1.807, 2.05) is 6.92 Å². The summed E-state index contributed by atoms with van der Waals surface area (Å²) in [6.07, 6.45) is 1.74. The van der Waals surface area contributed by atoms with Crippen LogP contribution in [0.5, 0.6) is 0 Å². The van der Waals surface area contributed by atoms with Crippen LogP contribution in [0.3, 0.4) is 0 Å². The first-order chi connectivity index (χ1) is 8.11. The van der Waals surface area contributed by atoms with Gasteiger partial charge in [-0.05, 0) is 37.5 Å². The van der Waals surface area contributed by atoms with Gasteiger partial charge in [-0.25, -0.2) is 0 Å². The molecule has 0 saturated heterocycles. The Kier molecular flexibility index (Phi) is 3.14. The van der Waals surface area contributed by atoms with Crippen LogP contribution in [0.4, 0.5) is 0 Å². The summed E-state index contributed by atoms with van der Waals surface area (Å²) < 4.78 is 0. The van der Waals surface area contributed by atoms with Crippen LogP contribution in [0.15, 0.2) is 24.3 Å². The Morgan fingerprint density at radius 3 is 2.24 bits per heavy atom. The van der Waals surface area contributed by atoms with Gasteiger partial charge in [0, 0.05) is 12.1 Å². The Labute approximate surface area is 102 Å². The lowest BCUT2D eigenvalue weighted by molar-refractivity contribution is 0.111. The fourth-order valence-electron chi connectivity index (χ4n) is 1.98. The van der Waals surface area contributed by atoms with Crippen LogP contribution >= 0.6 is 0 Å². The molecular formula is C15H17NO. The SMILES string of the molecule is Cc1ccc(Cc2[nH]c(C=O)c(C)c2C)cc1. The molecule has 88 valence electrons. The molecule has 0 atom stereocenters. The minimum atomic E-state index is 0.699. The van der Waals surface area contributed by atoms with Crippen molar-refractivity contribution < 1.29 is 4.79 Å². The molecule has 0 fully saturated rings. The van der Waals surface area contributed by atoms with Gasteiger partial charge in [-0.15, -0.1) is 0 Å². The Bertz CT molecular complexity index is 535. The highest BCUT2D eigenvalue weighted by Crippen LogP contribution is 2.19. The second-order valence-corrected chi connectivity index (χ2v) is 4.55. The number of rotatable bonds is 3. The third kappa shape index (κ3) is 2.31. The van der Waals surface area contributed by atoms with E-state index in [9.17, 15) is 4.79 Å². The first-order valence-corrected chi connectivity index (χ1v) is 5.80. The van der Waals surface area contributed by atoms with E-state index >= 15 is 0 Å². The van der Waals surface area contributed by atoms with Crippen molar-refractivity contribution in [1.82, 2.24) is 4.98 Å². The van der Waals surface area contributed by atoms with Crippen molar-refractivity contribution in [1.29, 1.82) is 0 Å². The van der Waals surface area contributed by atoms with Crippen LogP contribution in [0.1, 0.15) is 38.4 Å². The van der Waals surface area contributed by atoms with Crippen LogP contribution in [0, 0.1) is 20.8 Å². The van der Waals surface area contributed by atoms with Crippen molar-refractivity contribution in [2.24, 2.45) is 0 Å². The van der Waals surface area contributed by atoms with Crippen molar-refractivity contribution in [3.05, 3.63) is 57.9 Å². The molecule has 1 aromatic carbocycles. The summed E-state index contributed by atoms with van der Waals surface area (Å²) >= 11 is 0. The summed E-state index contributed by atoms with van der Waals surface area (Å²) in [5.41, 5.74) is 6.60. The molecule has 17 heavy (non-hydrogen) atoms. The van der Waals surface area contributed by atoms with Crippen molar-refractivity contribution in [3.8, 4) is 0 Å². The maximum absolute atomic E-state index is 10.9. The van der Waals surface area contributed by atoms with Gasteiger partial charge in [0.15, 0.2) is 6.29 Å². The third-order valence-electron chi connectivity index (χ3n) is 3.32. The van der Waals surface area contributed by atoms with Crippen molar-refractivity contribution in [3.63, 3.8) is 0 Å². The van der Waals surface area contributed by atoms with E-state index in [1.165, 1.54) is 16.7 Å². The highest BCUT2D eigenvalue weighted by Gasteiger charge is 2.09. The summed E-state index contributed by atoms with van der Waals surface area (Å²) in [6, 6.07) is 8.49. The molecule has 0 radical (unpaired) electrons. The van der Waals surface area contributed by atoms with Crippen LogP contribution in [0.2, 0.25) is 0 Å². The number of aldehydes is 1. The molecule has 0 aliphatic rings. The van der Waals surface area contributed by atoms with Crippen molar-refractivity contribution in [2.45, 2.75) is 27.2 Å². The zero-order valence-corrected chi connectivity index (χ0v) is 10.5. The molecule has 2 aromatic rings. The number of carbonyl (C=O) groups is 1. The molecule has 0 spiro atoms. The third-order valence-corrected chi connectivity index (χ3v) is 3.32. The number of nitrogens with one attached hydrogen (secondary N) is 1. The molecular weight excluding hydrogens is 210 g/mol. The number of H-pyrrole nitrogens is 1. The summed E-state index contributed by atoms with van der Waals surface area (Å²) in [7, 11) is 0. The normalized spacial score (nSPS) is 10.5. The number of aromatic amines is 1. The Morgan fingerprint density at radius 1 is 1.06 bits per heavy atom. The average Bonchev–Trinajstić information content (AvgIpc) is 2.60. The second-order valence-electron chi connectivity index (χ2n) is 4.55. The van der Waals surface area contributed by atoms with E-state index in [1.54, 1.807) is 0 Å². The molecule has 0 amide bonds. The topological polar surface area (TPSA) is 32.9 Å². The average molecular weight is 227 g/mol. The van der Waals surface area contributed by atoms with Crippen molar-refractivity contribution in [2.75, 3.05) is 0 Å². The first kappa shape index (κ1) is 11.6. The van der Waals surface area contributed by atoms with E-state index in [4.69, 9.17) is 0 Å². The Hall–Kier alpha value is -1.83. The summed E-state index contributed by atoms with van der Waals surface area (Å²) in [4.78, 5) is 14.1. The quantitative estimate of drug-likeness (QED) is 0.801. The maximum atomic E-state index is 10.9. The van der Waals surface area contributed by atoms with Crippen LogP contribution in [0.25, 0.3) is 0 Å². The number of aryl methyl sites for hydroxylation is 1. The van der Waals surface area contributed by atoms with E-state index in [0.29, 0.717) is 5.69 Å². The van der Waals surface area contributed by atoms with E-state index in [2.05, 4.69) is 43.1 Å². The fourth-order valence-corrected chi connectivity index (χ4v) is 1.98. The van der Waals surface area contributed by atoms with Gasteiger partial charge in [-0.3, -0.25) is 4.79 Å². The minimum absolute atomic E-state index is 0.699. The highest BCUT2D eigenvalue weighted by molar-refractivity contribution is 5.75. The lowest BCUT2D eigenvalue weighted by Crippen LogP contribution is -1.91. The summed E-state index contributed by atoms with van der Waals surface area (Å²) in [6.45, 7) is 6.12. The number of benzene rings is 1. The predicted molar refractivity (Wildman–Crippen MR) is 69.6 cm³/mol. The molecule has 1 heterocycles. The molecule has 1 N–H and O–H groups in total. The van der Waals surface area contributed by atoms with Crippen molar-refractivity contribution >= 4 is 6.29 Å². The molecule has 1 aromatic heterocycles. The van der Waals surface area contributed by atoms with E-state index in [0.717, 1.165) is 24.0 Å². The predicted octanol–water partition coefficient (Wildman–Crippen LogP) is 3.34. The highest BCUT2D eigenvalue weighted by atomic mass is 16.1. The van der Waals surface area contributed by atoms with E-state index < -0.39 is 0 Å². The first-order valence-electron chi connectivity index (χ1n) is 5.80. The zero-order chi connectivity index (χ0) is 12.4. The Balaban J connectivity index is 2.30. The van der Waals surface area contributed by atoms with Gasteiger partial charge < -0.3 is 4.98 Å². The molecule has 0 unspecified atom stereocenters. The monoisotopic (exact) mass is 227 g/mol. The van der Waals surface area contributed by atoms with Crippen LogP contribution in [-0.4, -0.2) is 11.3 Å². The van der Waals surface area contributed by atoms with Gasteiger partial charge in [-0.1, -0.05) is 29.8 Å². The van der Waals surface area contributed by atoms with E-state index in [-0.39, 0.29) is 0 Å². The zero-order valence-electron chi connectivity index (χ0n) is 10.5. The molecule has 0 saturated carbocycles. The minimum Gasteiger partial charge on any atom is -0.356 e. The van der Waals surface area contributed by atoms with Gasteiger partial charge in [0.25, 0.3) is 0 Å². The number of hydrogen-bond acceptors (Lipinski definition) is 1. The summed E-state index contributed by atoms with van der Waals surface area (Å²) in [5.74, 6) is 0. The lowest BCUT2D eigenvalue weighted by atomic mass is 10.0. The number of carbonyl (C=O) groups excluding carboxylic acids is 1. The molecule has 2 nitrogen and oxygen atoms in total. The largest absolute Gasteiger partial charge is 0.356 e. The van der Waals surface area contributed by atoms with Gasteiger partial charge >= 0.3 is 0 Å². The molecule has 0 aliphatic heterocycles. The second kappa shape index (κ2) is 4.58. The van der Waals surface area contributed by atoms with Gasteiger partial charge in [0.2, 0.25) is 0 Å². The molecule has 0 aliphatic carbocycles. The molecule has 0 bridgehead atoms. The summed E-state index contributed by atoms with van der Waals surface area (Å²) in [5, 5.41) is 0. The fraction of sp³-hybridized carbons (Fsp3) is 0.267. The van der Waals surface area contributed by atoms with Gasteiger partial charge in [-0.2, -0.15) is 0 Å². The maximum Gasteiger partial charge on any atom is 0.166 e. The molecule has 2 rings (SSSR count). The van der Waals surface area contributed by atoms with Crippen LogP contribution < -0.4 is 0 Å². The lowest BCUT2D eigenvalue weighted by Gasteiger charge is -2.02. The smallest absolute Gasteiger partial charge is 0.166 e. The van der Waals surface area contributed by atoms with Crippen LogP contribution in [-0.2, 0) is 6.42 Å². The standard InChI is InChI=1S/C15H17NO/c1-10-4-6-13(7-5-10)8-14-11(2)12(3)15(9-17)16-14/h4-7,9,16H,8H2,1-3H3. The number of hydrogen-bond donors (Lipinski definition) is 1. The van der Waals surface area contributed by atoms with Gasteiger partial charge in [0.1, 0.15) is 0 Å².